The number of hydrazine groups is 1. The van der Waals surface area contributed by atoms with Crippen LogP contribution in [0.4, 0.5) is 10.1 Å². The molecule has 3 nitrogen and oxygen atoms in total. The number of para-hydroxylation sites is 1. The fraction of sp³-hybridized carbons (Fsp3) is 0.0714. The molecule has 0 fully saturated rings. The van der Waals surface area contributed by atoms with Crippen LogP contribution in [0.25, 0.3) is 0 Å². The van der Waals surface area contributed by atoms with Crippen molar-refractivity contribution in [3.63, 3.8) is 0 Å². The van der Waals surface area contributed by atoms with E-state index in [-0.39, 0.29) is 11.6 Å². The molecule has 0 unspecified atom stereocenters. The Morgan fingerprint density at radius 2 is 1.89 bits per heavy atom. The molecule has 0 radical (unpaired) electrons. The van der Waals surface area contributed by atoms with Gasteiger partial charge in [-0.25, -0.2) is 4.39 Å². The molecule has 4 heteroatoms. The van der Waals surface area contributed by atoms with Gasteiger partial charge in [0.2, 0.25) is 0 Å². The molecular weight excluding hydrogens is 231 g/mol. The van der Waals surface area contributed by atoms with Crippen LogP contribution < -0.4 is 10.9 Å². The molecule has 1 amide bonds. The molecule has 18 heavy (non-hydrogen) atoms. The molecule has 0 heterocycles. The van der Waals surface area contributed by atoms with Gasteiger partial charge in [-0.2, -0.15) is 0 Å². The zero-order valence-corrected chi connectivity index (χ0v) is 9.91. The number of hydrogen-bond acceptors (Lipinski definition) is 2. The number of hydrogen-bond donors (Lipinski definition) is 2. The van der Waals surface area contributed by atoms with Crippen molar-refractivity contribution in [3.8, 4) is 0 Å². The summed E-state index contributed by atoms with van der Waals surface area (Å²) in [5.41, 5.74) is 6.77. The molecular formula is C14H13FN2O. The third kappa shape index (κ3) is 2.85. The first kappa shape index (κ1) is 12.1. The fourth-order valence-electron chi connectivity index (χ4n) is 1.55. The highest BCUT2D eigenvalue weighted by Crippen LogP contribution is 2.11. The van der Waals surface area contributed by atoms with E-state index in [0.717, 1.165) is 5.56 Å². The average molecular weight is 244 g/mol. The SMILES string of the molecule is Cc1cccc(C(=O)NNc2ccccc2F)c1. The molecule has 0 aromatic heterocycles. The molecule has 0 aliphatic rings. The van der Waals surface area contributed by atoms with Crippen molar-refractivity contribution in [1.82, 2.24) is 5.43 Å². The lowest BCUT2D eigenvalue weighted by Crippen LogP contribution is -2.29. The molecule has 0 saturated carbocycles. The minimum Gasteiger partial charge on any atom is -0.295 e. The van der Waals surface area contributed by atoms with E-state index in [4.69, 9.17) is 0 Å². The van der Waals surface area contributed by atoms with Crippen molar-refractivity contribution < 1.29 is 9.18 Å². The number of anilines is 1. The van der Waals surface area contributed by atoms with E-state index in [1.807, 2.05) is 13.0 Å². The molecule has 2 rings (SSSR count). The van der Waals surface area contributed by atoms with E-state index in [1.54, 1.807) is 36.4 Å². The summed E-state index contributed by atoms with van der Waals surface area (Å²) >= 11 is 0. The Morgan fingerprint density at radius 3 is 2.61 bits per heavy atom. The van der Waals surface area contributed by atoms with Gasteiger partial charge < -0.3 is 0 Å². The van der Waals surface area contributed by atoms with Gasteiger partial charge in [0.05, 0.1) is 5.69 Å². The van der Waals surface area contributed by atoms with Crippen molar-refractivity contribution >= 4 is 11.6 Å². The second kappa shape index (κ2) is 5.31. The quantitative estimate of drug-likeness (QED) is 0.815. The van der Waals surface area contributed by atoms with Gasteiger partial charge in [-0.3, -0.25) is 15.6 Å². The number of amides is 1. The number of carbonyl (C=O) groups is 1. The van der Waals surface area contributed by atoms with Crippen LogP contribution in [-0.2, 0) is 0 Å². The van der Waals surface area contributed by atoms with Gasteiger partial charge in [-0.15, -0.1) is 0 Å². The lowest BCUT2D eigenvalue weighted by atomic mass is 10.1. The molecule has 0 aliphatic carbocycles. The van der Waals surface area contributed by atoms with Crippen LogP contribution in [0.3, 0.4) is 0 Å². The second-order valence-electron chi connectivity index (χ2n) is 3.93. The van der Waals surface area contributed by atoms with Crippen LogP contribution in [0.2, 0.25) is 0 Å². The Balaban J connectivity index is 2.03. The van der Waals surface area contributed by atoms with E-state index in [1.165, 1.54) is 6.07 Å². The molecule has 92 valence electrons. The van der Waals surface area contributed by atoms with E-state index >= 15 is 0 Å². The van der Waals surface area contributed by atoms with Crippen molar-refractivity contribution in [2.75, 3.05) is 5.43 Å². The summed E-state index contributed by atoms with van der Waals surface area (Å²) in [6, 6.07) is 13.3. The van der Waals surface area contributed by atoms with Crippen molar-refractivity contribution in [2.24, 2.45) is 0 Å². The van der Waals surface area contributed by atoms with Gasteiger partial charge >= 0.3 is 0 Å². The number of nitrogens with one attached hydrogen (secondary N) is 2. The summed E-state index contributed by atoms with van der Waals surface area (Å²) < 4.78 is 13.3. The van der Waals surface area contributed by atoms with Gasteiger partial charge in [0.15, 0.2) is 0 Å². The Morgan fingerprint density at radius 1 is 1.11 bits per heavy atom. The maximum Gasteiger partial charge on any atom is 0.269 e. The monoisotopic (exact) mass is 244 g/mol. The number of halogens is 1. The largest absolute Gasteiger partial charge is 0.295 e. The highest BCUT2D eigenvalue weighted by Gasteiger charge is 2.06. The Hall–Kier alpha value is -2.36. The summed E-state index contributed by atoms with van der Waals surface area (Å²) in [6.07, 6.45) is 0. The molecule has 0 saturated heterocycles. The topological polar surface area (TPSA) is 41.1 Å². The van der Waals surface area contributed by atoms with E-state index in [2.05, 4.69) is 10.9 Å². The van der Waals surface area contributed by atoms with Crippen LogP contribution in [-0.4, -0.2) is 5.91 Å². The van der Waals surface area contributed by atoms with Crippen molar-refractivity contribution in [1.29, 1.82) is 0 Å². The standard InChI is InChI=1S/C14H13FN2O/c1-10-5-4-6-11(9-10)14(18)17-16-13-8-3-2-7-12(13)15/h2-9,16H,1H3,(H,17,18). The molecule has 0 atom stereocenters. The third-order valence-electron chi connectivity index (χ3n) is 2.46. The number of benzene rings is 2. The van der Waals surface area contributed by atoms with E-state index < -0.39 is 5.82 Å². The van der Waals surface area contributed by atoms with Crippen LogP contribution in [0, 0.1) is 12.7 Å². The normalized spacial score (nSPS) is 9.89. The van der Waals surface area contributed by atoms with Crippen LogP contribution in [0.15, 0.2) is 48.5 Å². The van der Waals surface area contributed by atoms with Gasteiger partial charge in [0, 0.05) is 5.56 Å². The lowest BCUT2D eigenvalue weighted by molar-refractivity contribution is 0.0962. The molecule has 0 aliphatic heterocycles. The summed E-state index contributed by atoms with van der Waals surface area (Å²) in [6.45, 7) is 1.90. The number of rotatable bonds is 3. The molecule has 2 aromatic rings. The Bertz CT molecular complexity index is 569. The predicted molar refractivity (Wildman–Crippen MR) is 68.7 cm³/mol. The van der Waals surface area contributed by atoms with Gasteiger partial charge in [-0.05, 0) is 31.2 Å². The van der Waals surface area contributed by atoms with Crippen molar-refractivity contribution in [3.05, 3.63) is 65.5 Å². The minimum absolute atomic E-state index is 0.235. The summed E-state index contributed by atoms with van der Waals surface area (Å²) in [4.78, 5) is 11.8. The average Bonchev–Trinajstić information content (AvgIpc) is 2.37. The summed E-state index contributed by atoms with van der Waals surface area (Å²) in [7, 11) is 0. The second-order valence-corrected chi connectivity index (χ2v) is 3.93. The zero-order chi connectivity index (χ0) is 13.0. The van der Waals surface area contributed by atoms with Gasteiger partial charge in [-0.1, -0.05) is 29.8 Å². The zero-order valence-electron chi connectivity index (χ0n) is 9.91. The fourth-order valence-corrected chi connectivity index (χ4v) is 1.55. The summed E-state index contributed by atoms with van der Waals surface area (Å²) in [5.74, 6) is -0.719. The van der Waals surface area contributed by atoms with Gasteiger partial charge in [0.25, 0.3) is 5.91 Å². The van der Waals surface area contributed by atoms with Crippen LogP contribution in [0.5, 0.6) is 0 Å². The smallest absolute Gasteiger partial charge is 0.269 e. The first-order valence-electron chi connectivity index (χ1n) is 5.54. The molecule has 2 aromatic carbocycles. The van der Waals surface area contributed by atoms with Crippen LogP contribution >= 0.6 is 0 Å². The van der Waals surface area contributed by atoms with E-state index in [0.29, 0.717) is 5.56 Å². The number of aryl methyl sites for hydroxylation is 1. The van der Waals surface area contributed by atoms with Gasteiger partial charge in [0.1, 0.15) is 5.82 Å². The Kier molecular flexibility index (Phi) is 3.57. The Labute approximate surface area is 105 Å². The highest BCUT2D eigenvalue weighted by molar-refractivity contribution is 5.95. The predicted octanol–water partition coefficient (Wildman–Crippen LogP) is 2.89. The number of carbonyl (C=O) groups excluding carboxylic acids is 1. The summed E-state index contributed by atoms with van der Waals surface area (Å²) in [5, 5.41) is 0. The third-order valence-corrected chi connectivity index (χ3v) is 2.46. The lowest BCUT2D eigenvalue weighted by Gasteiger charge is -2.09. The van der Waals surface area contributed by atoms with Crippen LogP contribution in [0.1, 0.15) is 15.9 Å². The highest BCUT2D eigenvalue weighted by atomic mass is 19.1. The maximum atomic E-state index is 13.3. The maximum absolute atomic E-state index is 13.3. The molecule has 0 bridgehead atoms. The van der Waals surface area contributed by atoms with Crippen molar-refractivity contribution in [2.45, 2.75) is 6.92 Å². The first-order chi connectivity index (χ1) is 8.66. The molecule has 0 spiro atoms. The minimum atomic E-state index is -0.415. The first-order valence-corrected chi connectivity index (χ1v) is 5.54. The molecule has 2 N–H and O–H groups in total. The van der Waals surface area contributed by atoms with E-state index in [9.17, 15) is 9.18 Å².